The van der Waals surface area contributed by atoms with Crippen LogP contribution in [0.15, 0.2) is 42.5 Å². The molecule has 1 N–H and O–H groups in total. The lowest BCUT2D eigenvalue weighted by molar-refractivity contribution is -0.121. The zero-order valence-electron chi connectivity index (χ0n) is 14.0. The molecule has 1 aliphatic rings. The van der Waals surface area contributed by atoms with Gasteiger partial charge in [-0.2, -0.15) is 0 Å². The number of hydrogen-bond acceptors (Lipinski definition) is 4. The van der Waals surface area contributed by atoms with Crippen LogP contribution in [0.5, 0.6) is 5.75 Å². The predicted molar refractivity (Wildman–Crippen MR) is 93.4 cm³/mol. The smallest absolute Gasteiger partial charge is 0.256 e. The summed E-state index contributed by atoms with van der Waals surface area (Å²) in [6.07, 6.45) is 0.129. The van der Waals surface area contributed by atoms with Crippen molar-refractivity contribution in [1.82, 2.24) is 0 Å². The van der Waals surface area contributed by atoms with Crippen molar-refractivity contribution in [2.75, 3.05) is 17.3 Å². The average molecular weight is 324 g/mol. The normalized spacial score (nSPS) is 17.3. The van der Waals surface area contributed by atoms with Gasteiger partial charge in [-0.1, -0.05) is 18.2 Å². The molecule has 1 atom stereocenters. The maximum atomic E-state index is 12.7. The average Bonchev–Trinajstić information content (AvgIpc) is 2.85. The Bertz CT molecular complexity index is 801. The largest absolute Gasteiger partial charge is 0.495 e. The maximum Gasteiger partial charge on any atom is 0.256 e. The van der Waals surface area contributed by atoms with Crippen LogP contribution in [0.1, 0.15) is 17.5 Å². The number of hydrogen-bond donors (Lipinski definition) is 1. The fraction of sp³-hybridized carbons (Fsp3) is 0.263. The standard InChI is InChI=1S/C19H20N2O3/c1-12-8-9-14(10-13(12)2)20-15-11-18(22)21(19(15)23)16-6-4-5-7-17(16)24-3/h4-10,15,20H,11H2,1-3H3/t15-/m1/s1. The molecule has 0 radical (unpaired) electrons. The van der Waals surface area contributed by atoms with Crippen LogP contribution in [0.25, 0.3) is 0 Å². The SMILES string of the molecule is COc1ccccc1N1C(=O)C[C@@H](Nc2ccc(C)c(C)c2)C1=O. The van der Waals surface area contributed by atoms with Crippen molar-refractivity contribution in [3.63, 3.8) is 0 Å². The highest BCUT2D eigenvalue weighted by Crippen LogP contribution is 2.32. The zero-order valence-corrected chi connectivity index (χ0v) is 14.0. The highest BCUT2D eigenvalue weighted by molar-refractivity contribution is 6.23. The van der Waals surface area contributed by atoms with Crippen LogP contribution in [-0.4, -0.2) is 25.0 Å². The highest BCUT2D eigenvalue weighted by atomic mass is 16.5. The number of carbonyl (C=O) groups is 2. The van der Waals surface area contributed by atoms with Gasteiger partial charge in [0.05, 0.1) is 19.2 Å². The minimum absolute atomic E-state index is 0.129. The van der Waals surface area contributed by atoms with E-state index in [1.165, 1.54) is 17.6 Å². The number of benzene rings is 2. The van der Waals surface area contributed by atoms with Gasteiger partial charge in [0.15, 0.2) is 0 Å². The molecule has 0 spiro atoms. The third-order valence-electron chi connectivity index (χ3n) is 4.32. The Balaban J connectivity index is 1.85. The molecular formula is C19H20N2O3. The molecule has 1 saturated heterocycles. The molecule has 5 heteroatoms. The summed E-state index contributed by atoms with van der Waals surface area (Å²) in [5.74, 6) is 0.0135. The second kappa shape index (κ2) is 6.35. The fourth-order valence-corrected chi connectivity index (χ4v) is 2.84. The molecule has 0 bridgehead atoms. The van der Waals surface area contributed by atoms with Gasteiger partial charge in [-0.05, 0) is 49.2 Å². The van der Waals surface area contributed by atoms with Crippen molar-refractivity contribution in [2.45, 2.75) is 26.3 Å². The third-order valence-corrected chi connectivity index (χ3v) is 4.32. The Morgan fingerprint density at radius 2 is 1.83 bits per heavy atom. The van der Waals surface area contributed by atoms with Crippen LogP contribution < -0.4 is 15.0 Å². The predicted octanol–water partition coefficient (Wildman–Crippen LogP) is 3.06. The first-order valence-corrected chi connectivity index (χ1v) is 7.85. The number of aryl methyl sites for hydroxylation is 2. The summed E-state index contributed by atoms with van der Waals surface area (Å²) in [4.78, 5) is 26.3. The molecular weight excluding hydrogens is 304 g/mol. The maximum absolute atomic E-state index is 12.7. The van der Waals surface area contributed by atoms with Gasteiger partial charge in [-0.25, -0.2) is 4.90 Å². The topological polar surface area (TPSA) is 58.6 Å². The van der Waals surface area contributed by atoms with E-state index in [0.717, 1.165) is 11.3 Å². The van der Waals surface area contributed by atoms with Crippen LogP contribution in [0.4, 0.5) is 11.4 Å². The molecule has 2 aromatic rings. The van der Waals surface area contributed by atoms with Gasteiger partial charge in [0.25, 0.3) is 5.91 Å². The van der Waals surface area contributed by atoms with E-state index in [1.807, 2.05) is 32.0 Å². The molecule has 5 nitrogen and oxygen atoms in total. The molecule has 24 heavy (non-hydrogen) atoms. The summed E-state index contributed by atoms with van der Waals surface area (Å²) >= 11 is 0. The number of ether oxygens (including phenoxy) is 1. The molecule has 0 unspecified atom stereocenters. The number of rotatable bonds is 4. The summed E-state index contributed by atoms with van der Waals surface area (Å²) in [6, 6.07) is 12.4. The van der Waals surface area contributed by atoms with Crippen molar-refractivity contribution >= 4 is 23.2 Å². The molecule has 1 heterocycles. The lowest BCUT2D eigenvalue weighted by Crippen LogP contribution is -2.35. The van der Waals surface area contributed by atoms with Gasteiger partial charge in [0.1, 0.15) is 11.8 Å². The molecule has 0 aromatic heterocycles. The Kier molecular flexibility index (Phi) is 4.25. The molecule has 1 aliphatic heterocycles. The quantitative estimate of drug-likeness (QED) is 0.878. The second-order valence-electron chi connectivity index (χ2n) is 5.94. The van der Waals surface area contributed by atoms with Gasteiger partial charge >= 0.3 is 0 Å². The van der Waals surface area contributed by atoms with Gasteiger partial charge in [-0.3, -0.25) is 9.59 Å². The Labute approximate surface area is 141 Å². The van der Waals surface area contributed by atoms with E-state index in [1.54, 1.807) is 24.3 Å². The van der Waals surface area contributed by atoms with Crippen LogP contribution in [0, 0.1) is 13.8 Å². The van der Waals surface area contributed by atoms with E-state index in [9.17, 15) is 9.59 Å². The van der Waals surface area contributed by atoms with Crippen molar-refractivity contribution in [3.8, 4) is 5.75 Å². The summed E-state index contributed by atoms with van der Waals surface area (Å²) in [7, 11) is 1.52. The van der Waals surface area contributed by atoms with E-state index in [2.05, 4.69) is 5.32 Å². The highest BCUT2D eigenvalue weighted by Gasteiger charge is 2.40. The van der Waals surface area contributed by atoms with Gasteiger partial charge in [0, 0.05) is 5.69 Å². The first kappa shape index (κ1) is 16.1. The van der Waals surface area contributed by atoms with Crippen molar-refractivity contribution < 1.29 is 14.3 Å². The number of carbonyl (C=O) groups excluding carboxylic acids is 2. The molecule has 3 rings (SSSR count). The molecule has 124 valence electrons. The van der Waals surface area contributed by atoms with E-state index in [4.69, 9.17) is 4.74 Å². The van der Waals surface area contributed by atoms with Crippen LogP contribution in [0.2, 0.25) is 0 Å². The Morgan fingerprint density at radius 1 is 1.08 bits per heavy atom. The Morgan fingerprint density at radius 3 is 2.54 bits per heavy atom. The van der Waals surface area contributed by atoms with Crippen LogP contribution in [-0.2, 0) is 9.59 Å². The van der Waals surface area contributed by atoms with E-state index < -0.39 is 6.04 Å². The zero-order chi connectivity index (χ0) is 17.3. The van der Waals surface area contributed by atoms with Crippen molar-refractivity contribution in [3.05, 3.63) is 53.6 Å². The second-order valence-corrected chi connectivity index (χ2v) is 5.94. The summed E-state index contributed by atoms with van der Waals surface area (Å²) in [5, 5.41) is 3.17. The number of amides is 2. The lowest BCUT2D eigenvalue weighted by Gasteiger charge is -2.18. The van der Waals surface area contributed by atoms with E-state index >= 15 is 0 Å². The van der Waals surface area contributed by atoms with E-state index in [0.29, 0.717) is 11.4 Å². The number of imide groups is 1. The fourth-order valence-electron chi connectivity index (χ4n) is 2.84. The van der Waals surface area contributed by atoms with E-state index in [-0.39, 0.29) is 18.2 Å². The first-order valence-electron chi connectivity index (χ1n) is 7.85. The third kappa shape index (κ3) is 2.85. The number of anilines is 2. The summed E-state index contributed by atoms with van der Waals surface area (Å²) in [6.45, 7) is 4.05. The van der Waals surface area contributed by atoms with Crippen LogP contribution >= 0.6 is 0 Å². The minimum Gasteiger partial charge on any atom is -0.495 e. The molecule has 0 aliphatic carbocycles. The monoisotopic (exact) mass is 324 g/mol. The molecule has 2 aromatic carbocycles. The molecule has 0 saturated carbocycles. The van der Waals surface area contributed by atoms with Gasteiger partial charge in [-0.15, -0.1) is 0 Å². The molecule has 2 amide bonds. The number of nitrogens with zero attached hydrogens (tertiary/aromatic N) is 1. The summed E-state index contributed by atoms with van der Waals surface area (Å²) < 4.78 is 5.27. The number of methoxy groups -OCH3 is 1. The Hall–Kier alpha value is -2.82. The summed E-state index contributed by atoms with van der Waals surface area (Å²) in [5.41, 5.74) is 3.65. The first-order chi connectivity index (χ1) is 11.5. The van der Waals surface area contributed by atoms with Gasteiger partial charge in [0.2, 0.25) is 5.91 Å². The van der Waals surface area contributed by atoms with Crippen molar-refractivity contribution in [2.24, 2.45) is 0 Å². The minimum atomic E-state index is -0.565. The number of nitrogens with one attached hydrogen (secondary N) is 1. The van der Waals surface area contributed by atoms with Crippen molar-refractivity contribution in [1.29, 1.82) is 0 Å². The lowest BCUT2D eigenvalue weighted by atomic mass is 10.1. The van der Waals surface area contributed by atoms with Crippen LogP contribution in [0.3, 0.4) is 0 Å². The van der Waals surface area contributed by atoms with Gasteiger partial charge < -0.3 is 10.1 Å². The molecule has 1 fully saturated rings. The number of para-hydroxylation sites is 2.